The summed E-state index contributed by atoms with van der Waals surface area (Å²) in [5.74, 6) is 0.674. The highest BCUT2D eigenvalue weighted by atomic mass is 79.9. The summed E-state index contributed by atoms with van der Waals surface area (Å²) >= 11 is 3.76. The normalized spacial score (nSPS) is 19.3. The van der Waals surface area contributed by atoms with Crippen molar-refractivity contribution in [3.63, 3.8) is 0 Å². The molecule has 1 aromatic carbocycles. The van der Waals surface area contributed by atoms with E-state index in [-0.39, 0.29) is 10.6 Å². The fourth-order valence-electron chi connectivity index (χ4n) is 2.73. The zero-order chi connectivity index (χ0) is 13.0. The molecule has 0 saturated heterocycles. The predicted molar refractivity (Wildman–Crippen MR) is 75.8 cm³/mol. The minimum atomic E-state index is -0.270. The lowest BCUT2D eigenvalue weighted by atomic mass is 9.92. The summed E-state index contributed by atoms with van der Waals surface area (Å²) in [7, 11) is 1.50. The Morgan fingerprint density at radius 3 is 2.44 bits per heavy atom. The number of methoxy groups -OCH3 is 1. The van der Waals surface area contributed by atoms with Gasteiger partial charge in [0.05, 0.1) is 7.11 Å². The number of benzene rings is 1. The third-order valence-electron chi connectivity index (χ3n) is 3.81. The Labute approximate surface area is 117 Å². The molecule has 0 aliphatic heterocycles. The van der Waals surface area contributed by atoms with E-state index in [0.717, 1.165) is 5.56 Å². The van der Waals surface area contributed by atoms with E-state index in [9.17, 15) is 4.39 Å². The monoisotopic (exact) mass is 314 g/mol. The summed E-state index contributed by atoms with van der Waals surface area (Å²) in [6.45, 7) is 0. The SMILES string of the molecule is COc1ccc(C(Br)C2CCCCCC2)cc1F. The van der Waals surface area contributed by atoms with Crippen molar-refractivity contribution in [1.29, 1.82) is 0 Å². The molecule has 1 nitrogen and oxygen atoms in total. The first-order valence-electron chi connectivity index (χ1n) is 6.70. The van der Waals surface area contributed by atoms with Crippen LogP contribution in [0.3, 0.4) is 0 Å². The molecule has 1 aliphatic rings. The van der Waals surface area contributed by atoms with Crippen molar-refractivity contribution in [2.75, 3.05) is 7.11 Å². The van der Waals surface area contributed by atoms with E-state index < -0.39 is 0 Å². The quantitative estimate of drug-likeness (QED) is 0.547. The molecule has 1 aromatic rings. The highest BCUT2D eigenvalue weighted by Gasteiger charge is 2.22. The van der Waals surface area contributed by atoms with Gasteiger partial charge in [0, 0.05) is 4.83 Å². The zero-order valence-corrected chi connectivity index (χ0v) is 12.4. The van der Waals surface area contributed by atoms with Gasteiger partial charge in [0.15, 0.2) is 11.6 Å². The van der Waals surface area contributed by atoms with Crippen LogP contribution in [0.5, 0.6) is 5.75 Å². The van der Waals surface area contributed by atoms with Crippen molar-refractivity contribution in [2.45, 2.75) is 43.4 Å². The van der Waals surface area contributed by atoms with Crippen LogP contribution in [0.2, 0.25) is 0 Å². The maximum Gasteiger partial charge on any atom is 0.165 e. The fraction of sp³-hybridized carbons (Fsp3) is 0.600. The zero-order valence-electron chi connectivity index (χ0n) is 10.8. The maximum absolute atomic E-state index is 13.7. The van der Waals surface area contributed by atoms with E-state index in [4.69, 9.17) is 4.74 Å². The highest BCUT2D eigenvalue weighted by Crippen LogP contribution is 2.40. The third-order valence-corrected chi connectivity index (χ3v) is 5.08. The van der Waals surface area contributed by atoms with Gasteiger partial charge in [0.2, 0.25) is 0 Å². The number of rotatable bonds is 3. The average Bonchev–Trinajstić information content (AvgIpc) is 2.66. The van der Waals surface area contributed by atoms with E-state index in [1.807, 2.05) is 6.07 Å². The van der Waals surface area contributed by atoms with Crippen LogP contribution in [0.15, 0.2) is 18.2 Å². The van der Waals surface area contributed by atoms with Gasteiger partial charge in [-0.25, -0.2) is 4.39 Å². The van der Waals surface area contributed by atoms with Gasteiger partial charge in [-0.15, -0.1) is 0 Å². The van der Waals surface area contributed by atoms with Crippen LogP contribution >= 0.6 is 15.9 Å². The van der Waals surface area contributed by atoms with Crippen LogP contribution in [-0.4, -0.2) is 7.11 Å². The van der Waals surface area contributed by atoms with Gasteiger partial charge in [-0.3, -0.25) is 0 Å². The van der Waals surface area contributed by atoms with E-state index in [1.54, 1.807) is 12.1 Å². The van der Waals surface area contributed by atoms with Crippen molar-refractivity contribution in [2.24, 2.45) is 5.92 Å². The summed E-state index contributed by atoms with van der Waals surface area (Å²) in [6.07, 6.45) is 7.75. The molecule has 100 valence electrons. The first kappa shape index (κ1) is 13.9. The molecular formula is C15H20BrFO. The number of halogens is 2. The standard InChI is InChI=1S/C15H20BrFO/c1-18-14-9-8-12(10-13(14)17)15(16)11-6-4-2-3-5-7-11/h8-11,15H,2-7H2,1H3. The summed E-state index contributed by atoms with van der Waals surface area (Å²) in [5, 5.41) is 0. The molecule has 0 spiro atoms. The maximum atomic E-state index is 13.7. The van der Waals surface area contributed by atoms with Crippen molar-refractivity contribution >= 4 is 15.9 Å². The van der Waals surface area contributed by atoms with Crippen molar-refractivity contribution in [3.05, 3.63) is 29.6 Å². The van der Waals surface area contributed by atoms with Crippen LogP contribution in [0, 0.1) is 11.7 Å². The minimum Gasteiger partial charge on any atom is -0.494 e. The van der Waals surface area contributed by atoms with Crippen LogP contribution in [0.1, 0.15) is 48.9 Å². The minimum absolute atomic E-state index is 0.260. The van der Waals surface area contributed by atoms with Gasteiger partial charge in [0.25, 0.3) is 0 Å². The Morgan fingerprint density at radius 2 is 1.89 bits per heavy atom. The molecule has 0 N–H and O–H groups in total. The summed E-state index contributed by atoms with van der Waals surface area (Å²) in [4.78, 5) is 0.260. The van der Waals surface area contributed by atoms with E-state index >= 15 is 0 Å². The van der Waals surface area contributed by atoms with E-state index in [0.29, 0.717) is 11.7 Å². The first-order valence-corrected chi connectivity index (χ1v) is 7.61. The smallest absolute Gasteiger partial charge is 0.165 e. The molecule has 2 rings (SSSR count). The number of hydrogen-bond acceptors (Lipinski definition) is 1. The fourth-order valence-corrected chi connectivity index (χ4v) is 3.54. The van der Waals surface area contributed by atoms with Gasteiger partial charge >= 0.3 is 0 Å². The van der Waals surface area contributed by atoms with Crippen LogP contribution < -0.4 is 4.74 Å². The number of alkyl halides is 1. The van der Waals surface area contributed by atoms with Crippen LogP contribution in [0.25, 0.3) is 0 Å². The molecule has 1 saturated carbocycles. The van der Waals surface area contributed by atoms with Gasteiger partial charge in [-0.05, 0) is 36.5 Å². The van der Waals surface area contributed by atoms with Crippen molar-refractivity contribution in [3.8, 4) is 5.75 Å². The van der Waals surface area contributed by atoms with E-state index in [1.165, 1.54) is 45.6 Å². The second-order valence-corrected chi connectivity index (χ2v) is 6.03. The van der Waals surface area contributed by atoms with Crippen molar-refractivity contribution in [1.82, 2.24) is 0 Å². The molecule has 1 unspecified atom stereocenters. The molecule has 1 aliphatic carbocycles. The largest absolute Gasteiger partial charge is 0.494 e. The molecule has 0 heterocycles. The molecule has 0 aromatic heterocycles. The van der Waals surface area contributed by atoms with Crippen molar-refractivity contribution < 1.29 is 9.13 Å². The summed E-state index contributed by atoms with van der Waals surface area (Å²) in [5.41, 5.74) is 1.03. The van der Waals surface area contributed by atoms with Crippen LogP contribution in [0.4, 0.5) is 4.39 Å². The molecule has 1 atom stereocenters. The average molecular weight is 315 g/mol. The van der Waals surface area contributed by atoms with Gasteiger partial charge in [0.1, 0.15) is 0 Å². The molecule has 0 amide bonds. The summed E-state index contributed by atoms with van der Waals surface area (Å²) in [6, 6.07) is 5.28. The first-order chi connectivity index (χ1) is 8.72. The Kier molecular flexibility index (Phi) is 5.04. The van der Waals surface area contributed by atoms with Crippen LogP contribution in [-0.2, 0) is 0 Å². The topological polar surface area (TPSA) is 9.23 Å². The number of hydrogen-bond donors (Lipinski definition) is 0. The highest BCUT2D eigenvalue weighted by molar-refractivity contribution is 9.09. The Balaban J connectivity index is 2.11. The van der Waals surface area contributed by atoms with E-state index in [2.05, 4.69) is 15.9 Å². The Morgan fingerprint density at radius 1 is 1.22 bits per heavy atom. The number of ether oxygens (including phenoxy) is 1. The third kappa shape index (κ3) is 3.25. The Bertz CT molecular complexity index is 386. The second kappa shape index (κ2) is 6.55. The second-order valence-electron chi connectivity index (χ2n) is 5.05. The van der Waals surface area contributed by atoms with Gasteiger partial charge in [-0.2, -0.15) is 0 Å². The lowest BCUT2D eigenvalue weighted by Crippen LogP contribution is -2.07. The van der Waals surface area contributed by atoms with Gasteiger partial charge in [-0.1, -0.05) is 47.7 Å². The summed E-state index contributed by atoms with van der Waals surface area (Å²) < 4.78 is 18.7. The Hall–Kier alpha value is -0.570. The van der Waals surface area contributed by atoms with Gasteiger partial charge < -0.3 is 4.74 Å². The lowest BCUT2D eigenvalue weighted by Gasteiger charge is -2.21. The molecule has 0 radical (unpaired) electrons. The molecule has 3 heteroatoms. The lowest BCUT2D eigenvalue weighted by molar-refractivity contribution is 0.385. The molecule has 1 fully saturated rings. The molecule has 18 heavy (non-hydrogen) atoms. The predicted octanol–water partition coefficient (Wildman–Crippen LogP) is 5.24. The molecular weight excluding hydrogens is 295 g/mol. The molecule has 0 bridgehead atoms.